The van der Waals surface area contributed by atoms with Crippen LogP contribution in [0.15, 0.2) is 17.6 Å². The second-order valence-electron chi connectivity index (χ2n) is 2.89. The first kappa shape index (κ1) is 12.0. The third kappa shape index (κ3) is 2.69. The van der Waals surface area contributed by atoms with Crippen LogP contribution in [0.1, 0.15) is 13.0 Å². The van der Waals surface area contributed by atoms with Gasteiger partial charge in [-0.3, -0.25) is 4.79 Å². The number of nitrogens with zero attached hydrogens (tertiary/aromatic N) is 2. The number of carbonyl (C=O) groups is 1. The number of halogens is 1. The van der Waals surface area contributed by atoms with Gasteiger partial charge < -0.3 is 9.88 Å². The summed E-state index contributed by atoms with van der Waals surface area (Å²) in [7, 11) is 2.74. The van der Waals surface area contributed by atoms with Gasteiger partial charge in [-0.1, -0.05) is 0 Å². The van der Waals surface area contributed by atoms with Gasteiger partial charge in [-0.25, -0.2) is 13.4 Å². The molecule has 1 heterocycles. The van der Waals surface area contributed by atoms with Crippen molar-refractivity contribution in [2.24, 2.45) is 0 Å². The first-order chi connectivity index (χ1) is 6.86. The summed E-state index contributed by atoms with van der Waals surface area (Å²) >= 11 is 0. The molecule has 1 atom stereocenters. The molecule has 0 saturated carbocycles. The summed E-state index contributed by atoms with van der Waals surface area (Å²) < 4.78 is 23.2. The average Bonchev–Trinajstić information content (AvgIpc) is 2.63. The van der Waals surface area contributed by atoms with Crippen molar-refractivity contribution >= 4 is 25.6 Å². The number of hydrogen-bond acceptors (Lipinski definition) is 4. The zero-order chi connectivity index (χ0) is 11.6. The molecule has 0 aliphatic carbocycles. The molecule has 1 aromatic heterocycles. The topological polar surface area (TPSA) is 81.1 Å². The van der Waals surface area contributed by atoms with E-state index in [4.69, 9.17) is 10.7 Å². The zero-order valence-electron chi connectivity index (χ0n) is 8.14. The molecule has 1 N–H and O–H groups in total. The van der Waals surface area contributed by atoms with Gasteiger partial charge in [0.2, 0.25) is 5.91 Å². The number of aromatic nitrogens is 2. The second kappa shape index (κ2) is 4.19. The fourth-order valence-corrected chi connectivity index (χ4v) is 1.66. The van der Waals surface area contributed by atoms with Crippen LogP contribution in [0.4, 0.5) is 0 Å². The van der Waals surface area contributed by atoms with Gasteiger partial charge >= 0.3 is 0 Å². The minimum Gasteiger partial charge on any atom is -0.357 e. The number of likely N-dealkylation sites (N-methyl/N-ethyl adjacent to an activating group) is 1. The summed E-state index contributed by atoms with van der Waals surface area (Å²) in [6.07, 6.45) is 2.46. The Hall–Kier alpha value is -1.08. The third-order valence-electron chi connectivity index (χ3n) is 1.90. The molecule has 0 aliphatic heterocycles. The quantitative estimate of drug-likeness (QED) is 0.774. The van der Waals surface area contributed by atoms with E-state index in [2.05, 4.69) is 10.3 Å². The number of carbonyl (C=O) groups excluding carboxylic acids is 1. The second-order valence-corrected chi connectivity index (χ2v) is 5.40. The summed E-state index contributed by atoms with van der Waals surface area (Å²) in [5.41, 5.74) is 0. The number of amides is 1. The van der Waals surface area contributed by atoms with E-state index in [0.29, 0.717) is 0 Å². The van der Waals surface area contributed by atoms with Gasteiger partial charge in [-0.15, -0.1) is 0 Å². The van der Waals surface area contributed by atoms with Crippen LogP contribution in [0, 0.1) is 0 Å². The summed E-state index contributed by atoms with van der Waals surface area (Å²) in [6, 6.07) is -0.533. The lowest BCUT2D eigenvalue weighted by Crippen LogP contribution is -2.27. The van der Waals surface area contributed by atoms with Crippen LogP contribution in [0.5, 0.6) is 0 Å². The van der Waals surface area contributed by atoms with Crippen LogP contribution in [0.2, 0.25) is 0 Å². The van der Waals surface area contributed by atoms with E-state index in [1.165, 1.54) is 24.1 Å². The highest BCUT2D eigenvalue weighted by Gasteiger charge is 2.18. The van der Waals surface area contributed by atoms with Crippen molar-refractivity contribution in [2.75, 3.05) is 7.05 Å². The van der Waals surface area contributed by atoms with Crippen molar-refractivity contribution in [1.29, 1.82) is 0 Å². The molecule has 0 radical (unpaired) electrons. The maximum absolute atomic E-state index is 11.2. The van der Waals surface area contributed by atoms with E-state index in [0.717, 1.165) is 0 Å². The van der Waals surface area contributed by atoms with Gasteiger partial charge in [0.05, 0.1) is 6.33 Å². The molecular formula is C7H10ClN3O3S. The monoisotopic (exact) mass is 251 g/mol. The Morgan fingerprint density at radius 2 is 2.27 bits per heavy atom. The van der Waals surface area contributed by atoms with E-state index in [-0.39, 0.29) is 10.9 Å². The van der Waals surface area contributed by atoms with Crippen LogP contribution < -0.4 is 5.32 Å². The molecule has 0 spiro atoms. The van der Waals surface area contributed by atoms with E-state index < -0.39 is 15.1 Å². The molecule has 0 saturated heterocycles. The predicted molar refractivity (Wildman–Crippen MR) is 54.0 cm³/mol. The van der Waals surface area contributed by atoms with Gasteiger partial charge in [-0.05, 0) is 6.92 Å². The Labute approximate surface area is 91.7 Å². The summed E-state index contributed by atoms with van der Waals surface area (Å²) in [5, 5.41) is 2.18. The molecule has 1 unspecified atom stereocenters. The van der Waals surface area contributed by atoms with Crippen LogP contribution in [-0.4, -0.2) is 30.9 Å². The number of nitrogens with one attached hydrogen (secondary N) is 1. The summed E-state index contributed by atoms with van der Waals surface area (Å²) in [5.74, 6) is -0.245. The van der Waals surface area contributed by atoms with Gasteiger partial charge in [0.1, 0.15) is 6.04 Å². The van der Waals surface area contributed by atoms with Crippen LogP contribution in [-0.2, 0) is 13.8 Å². The van der Waals surface area contributed by atoms with Crippen molar-refractivity contribution in [3.05, 3.63) is 12.5 Å². The molecule has 0 bridgehead atoms. The van der Waals surface area contributed by atoms with Crippen molar-refractivity contribution in [3.8, 4) is 0 Å². The normalized spacial score (nSPS) is 13.5. The Morgan fingerprint density at radius 3 is 2.67 bits per heavy atom. The van der Waals surface area contributed by atoms with Gasteiger partial charge in [0, 0.05) is 23.9 Å². The fourth-order valence-electron chi connectivity index (χ4n) is 1.000. The maximum atomic E-state index is 11.2. The molecule has 15 heavy (non-hydrogen) atoms. The van der Waals surface area contributed by atoms with Crippen molar-refractivity contribution < 1.29 is 13.2 Å². The maximum Gasteiger partial charge on any atom is 0.280 e. The number of hydrogen-bond donors (Lipinski definition) is 1. The molecule has 84 valence electrons. The molecule has 0 fully saturated rings. The molecule has 1 amide bonds. The minimum atomic E-state index is -3.84. The van der Waals surface area contributed by atoms with Crippen LogP contribution >= 0.6 is 10.7 Å². The van der Waals surface area contributed by atoms with Gasteiger partial charge in [-0.2, -0.15) is 0 Å². The Morgan fingerprint density at radius 1 is 1.67 bits per heavy atom. The molecule has 1 rings (SSSR count). The van der Waals surface area contributed by atoms with Gasteiger partial charge in [0.15, 0.2) is 5.03 Å². The standard InChI is InChI=1S/C7H10ClN3O3S/c1-5(7(12)9-2)11-3-6(10-4-11)15(8,13)14/h3-5H,1-2H3,(H,9,12). The first-order valence-corrected chi connectivity index (χ1v) is 6.37. The third-order valence-corrected chi connectivity index (χ3v) is 3.09. The van der Waals surface area contributed by atoms with Crippen LogP contribution in [0.25, 0.3) is 0 Å². The number of rotatable bonds is 3. The van der Waals surface area contributed by atoms with E-state index in [1.807, 2.05) is 0 Å². The lowest BCUT2D eigenvalue weighted by Gasteiger charge is -2.09. The van der Waals surface area contributed by atoms with Crippen molar-refractivity contribution in [1.82, 2.24) is 14.9 Å². The Kier molecular flexibility index (Phi) is 3.35. The molecule has 1 aromatic rings. The van der Waals surface area contributed by atoms with E-state index in [9.17, 15) is 13.2 Å². The smallest absolute Gasteiger partial charge is 0.280 e. The first-order valence-electron chi connectivity index (χ1n) is 4.06. The molecular weight excluding hydrogens is 242 g/mol. The fraction of sp³-hybridized carbons (Fsp3) is 0.429. The Balaban J connectivity index is 3.00. The van der Waals surface area contributed by atoms with Crippen molar-refractivity contribution in [3.63, 3.8) is 0 Å². The molecule has 6 nitrogen and oxygen atoms in total. The van der Waals surface area contributed by atoms with E-state index >= 15 is 0 Å². The van der Waals surface area contributed by atoms with Crippen LogP contribution in [0.3, 0.4) is 0 Å². The highest BCUT2D eigenvalue weighted by atomic mass is 35.7. The highest BCUT2D eigenvalue weighted by molar-refractivity contribution is 8.13. The lowest BCUT2D eigenvalue weighted by atomic mass is 10.3. The molecule has 8 heteroatoms. The average molecular weight is 252 g/mol. The largest absolute Gasteiger partial charge is 0.357 e. The number of imidazole rings is 1. The molecule has 0 aliphatic rings. The summed E-state index contributed by atoms with van der Waals surface area (Å²) in [4.78, 5) is 14.8. The molecule has 0 aromatic carbocycles. The highest BCUT2D eigenvalue weighted by Crippen LogP contribution is 2.14. The predicted octanol–water partition coefficient (Wildman–Crippen LogP) is 0.118. The minimum absolute atomic E-state index is 0.245. The summed E-state index contributed by atoms with van der Waals surface area (Å²) in [6.45, 7) is 1.62. The van der Waals surface area contributed by atoms with Gasteiger partial charge in [0.25, 0.3) is 9.05 Å². The van der Waals surface area contributed by atoms with E-state index in [1.54, 1.807) is 6.92 Å². The Bertz CT molecular complexity index is 468. The SMILES string of the molecule is CNC(=O)C(C)n1cnc(S(=O)(=O)Cl)c1. The zero-order valence-corrected chi connectivity index (χ0v) is 9.71. The van der Waals surface area contributed by atoms with Crippen molar-refractivity contribution in [2.45, 2.75) is 18.0 Å². The lowest BCUT2D eigenvalue weighted by molar-refractivity contribution is -0.123.